The first kappa shape index (κ1) is 18.2. The zero-order chi connectivity index (χ0) is 14.5. The number of hydrogen-bond donors (Lipinski definition) is 3. The molecule has 19 heavy (non-hydrogen) atoms. The molecule has 0 radical (unpaired) electrons. The van der Waals surface area contributed by atoms with Crippen molar-refractivity contribution in [2.75, 3.05) is 32.8 Å². The Kier molecular flexibility index (Phi) is 11.8. The van der Waals surface area contributed by atoms with Crippen LogP contribution >= 0.6 is 0 Å². The highest BCUT2D eigenvalue weighted by molar-refractivity contribution is 6.40. The van der Waals surface area contributed by atoms with Crippen molar-refractivity contribution in [1.29, 1.82) is 0 Å². The van der Waals surface area contributed by atoms with Gasteiger partial charge in [0.25, 0.3) is 0 Å². The third-order valence-electron chi connectivity index (χ3n) is 2.88. The molecule has 1 aliphatic heterocycles. The van der Waals surface area contributed by atoms with Crippen LogP contribution in [0.3, 0.4) is 0 Å². The molecule has 0 aliphatic carbocycles. The van der Waals surface area contributed by atoms with Gasteiger partial charge in [0, 0.05) is 25.7 Å². The van der Waals surface area contributed by atoms with Gasteiger partial charge in [0.15, 0.2) is 0 Å². The SMILES string of the molecule is NC(CCCCB(O)O)CN1CCOCC1.O=C=O. The molecule has 0 aromatic rings. The minimum atomic E-state index is -1.17. The van der Waals surface area contributed by atoms with E-state index < -0.39 is 7.12 Å². The minimum absolute atomic E-state index is 0.189. The van der Waals surface area contributed by atoms with Crippen LogP contribution in [0.2, 0.25) is 6.32 Å². The van der Waals surface area contributed by atoms with Gasteiger partial charge in [-0.2, -0.15) is 9.59 Å². The van der Waals surface area contributed by atoms with Gasteiger partial charge >= 0.3 is 13.3 Å². The number of hydrogen-bond acceptors (Lipinski definition) is 7. The molecule has 110 valence electrons. The van der Waals surface area contributed by atoms with Crippen LogP contribution in [0.5, 0.6) is 0 Å². The highest BCUT2D eigenvalue weighted by atomic mass is 16.5. The van der Waals surface area contributed by atoms with E-state index in [0.29, 0.717) is 6.32 Å². The standard InChI is InChI=1S/C10H23BN2O3.CO2/c12-10(3-1-2-4-11(14)15)9-13-5-7-16-8-6-13;2-1-3/h10,14-15H,1-9,12H2;. The van der Waals surface area contributed by atoms with Crippen molar-refractivity contribution in [2.45, 2.75) is 31.6 Å². The molecule has 0 aromatic heterocycles. The number of morpholine rings is 1. The predicted molar refractivity (Wildman–Crippen MR) is 69.1 cm³/mol. The first-order valence-electron chi connectivity index (χ1n) is 6.51. The number of nitrogens with two attached hydrogens (primary N) is 1. The zero-order valence-corrected chi connectivity index (χ0v) is 11.2. The second-order valence-corrected chi connectivity index (χ2v) is 4.52. The fraction of sp³-hybridized carbons (Fsp3) is 0.909. The third-order valence-corrected chi connectivity index (χ3v) is 2.88. The van der Waals surface area contributed by atoms with Crippen molar-refractivity contribution in [3.05, 3.63) is 0 Å². The molecule has 0 bridgehead atoms. The molecule has 1 unspecified atom stereocenters. The Morgan fingerprint density at radius 1 is 1.26 bits per heavy atom. The van der Waals surface area contributed by atoms with Crippen molar-refractivity contribution in [3.8, 4) is 0 Å². The average Bonchev–Trinajstić information content (AvgIpc) is 2.37. The molecule has 4 N–H and O–H groups in total. The normalized spacial score (nSPS) is 17.0. The second-order valence-electron chi connectivity index (χ2n) is 4.52. The van der Waals surface area contributed by atoms with Crippen molar-refractivity contribution in [1.82, 2.24) is 4.90 Å². The lowest BCUT2D eigenvalue weighted by Gasteiger charge is -2.29. The summed E-state index contributed by atoms with van der Waals surface area (Å²) in [7, 11) is -1.17. The van der Waals surface area contributed by atoms with E-state index in [1.807, 2.05) is 0 Å². The summed E-state index contributed by atoms with van der Waals surface area (Å²) in [6.07, 6.45) is 3.44. The summed E-state index contributed by atoms with van der Waals surface area (Å²) in [5.41, 5.74) is 6.01. The smallest absolute Gasteiger partial charge is 0.427 e. The van der Waals surface area contributed by atoms with E-state index in [4.69, 9.17) is 30.1 Å². The molecular formula is C11H23BN2O5. The number of ether oxygens (including phenoxy) is 1. The maximum atomic E-state index is 8.68. The summed E-state index contributed by atoms with van der Waals surface area (Å²) in [6.45, 7) is 4.49. The molecule has 1 saturated heterocycles. The summed E-state index contributed by atoms with van der Waals surface area (Å²) in [5.74, 6) is 0. The highest BCUT2D eigenvalue weighted by Crippen LogP contribution is 2.06. The Hall–Kier alpha value is -0.755. The molecule has 0 spiro atoms. The van der Waals surface area contributed by atoms with Crippen molar-refractivity contribution >= 4 is 13.3 Å². The zero-order valence-electron chi connectivity index (χ0n) is 11.2. The fourth-order valence-electron chi connectivity index (χ4n) is 1.94. The molecular weight excluding hydrogens is 251 g/mol. The summed E-state index contributed by atoms with van der Waals surface area (Å²) in [6, 6.07) is 0.189. The lowest BCUT2D eigenvalue weighted by atomic mass is 9.83. The molecule has 0 aromatic carbocycles. The van der Waals surface area contributed by atoms with Gasteiger partial charge in [-0.1, -0.05) is 12.8 Å². The van der Waals surface area contributed by atoms with E-state index >= 15 is 0 Å². The van der Waals surface area contributed by atoms with Crippen molar-refractivity contribution in [3.63, 3.8) is 0 Å². The summed E-state index contributed by atoms with van der Waals surface area (Å²) in [4.78, 5) is 18.6. The van der Waals surface area contributed by atoms with E-state index in [0.717, 1.165) is 52.1 Å². The van der Waals surface area contributed by atoms with Crippen LogP contribution in [-0.2, 0) is 14.3 Å². The van der Waals surface area contributed by atoms with E-state index in [1.54, 1.807) is 0 Å². The number of carbonyl (C=O) groups excluding carboxylic acids is 2. The number of rotatable bonds is 7. The van der Waals surface area contributed by atoms with E-state index in [9.17, 15) is 0 Å². The van der Waals surface area contributed by atoms with Gasteiger partial charge in [-0.15, -0.1) is 0 Å². The van der Waals surface area contributed by atoms with Gasteiger partial charge in [0.1, 0.15) is 0 Å². The van der Waals surface area contributed by atoms with Gasteiger partial charge in [0.05, 0.1) is 13.2 Å². The largest absolute Gasteiger partial charge is 0.451 e. The Morgan fingerprint density at radius 2 is 1.84 bits per heavy atom. The van der Waals surface area contributed by atoms with Gasteiger partial charge in [0.2, 0.25) is 0 Å². The number of unbranched alkanes of at least 4 members (excludes halogenated alkanes) is 1. The third kappa shape index (κ3) is 12.0. The first-order valence-corrected chi connectivity index (χ1v) is 6.51. The van der Waals surface area contributed by atoms with E-state index in [-0.39, 0.29) is 12.2 Å². The second kappa shape index (κ2) is 12.3. The molecule has 1 heterocycles. The van der Waals surface area contributed by atoms with Crippen LogP contribution in [0.25, 0.3) is 0 Å². The van der Waals surface area contributed by atoms with E-state index in [2.05, 4.69) is 4.90 Å². The Morgan fingerprint density at radius 3 is 2.37 bits per heavy atom. The topological polar surface area (TPSA) is 113 Å². The van der Waals surface area contributed by atoms with E-state index in [1.165, 1.54) is 0 Å². The molecule has 7 nitrogen and oxygen atoms in total. The lowest BCUT2D eigenvalue weighted by Crippen LogP contribution is -2.43. The maximum Gasteiger partial charge on any atom is 0.451 e. The van der Waals surface area contributed by atoms with Gasteiger partial charge < -0.3 is 20.5 Å². The molecule has 8 heteroatoms. The molecule has 0 amide bonds. The quantitative estimate of drug-likeness (QED) is 0.391. The van der Waals surface area contributed by atoms with Crippen LogP contribution in [0, 0.1) is 0 Å². The van der Waals surface area contributed by atoms with Crippen LogP contribution < -0.4 is 5.73 Å². The van der Waals surface area contributed by atoms with Gasteiger partial charge in [-0.05, 0) is 12.7 Å². The fourth-order valence-corrected chi connectivity index (χ4v) is 1.94. The van der Waals surface area contributed by atoms with Gasteiger partial charge in [-0.3, -0.25) is 4.90 Å². The van der Waals surface area contributed by atoms with Crippen molar-refractivity contribution in [2.24, 2.45) is 5.73 Å². The summed E-state index contributed by atoms with van der Waals surface area (Å²) >= 11 is 0. The monoisotopic (exact) mass is 274 g/mol. The summed E-state index contributed by atoms with van der Waals surface area (Å²) in [5, 5.41) is 17.4. The predicted octanol–water partition coefficient (Wildman–Crippen LogP) is -1.29. The molecule has 0 saturated carbocycles. The molecule has 1 fully saturated rings. The average molecular weight is 274 g/mol. The lowest BCUT2D eigenvalue weighted by molar-refractivity contribution is -0.191. The Bertz CT molecular complexity index is 243. The maximum absolute atomic E-state index is 8.68. The van der Waals surface area contributed by atoms with Crippen LogP contribution in [0.15, 0.2) is 0 Å². The van der Waals surface area contributed by atoms with Crippen LogP contribution in [-0.4, -0.2) is 67.1 Å². The Labute approximate surface area is 113 Å². The minimum Gasteiger partial charge on any atom is -0.427 e. The van der Waals surface area contributed by atoms with Gasteiger partial charge in [-0.25, -0.2) is 0 Å². The summed E-state index contributed by atoms with van der Waals surface area (Å²) < 4.78 is 5.27. The van der Waals surface area contributed by atoms with Crippen LogP contribution in [0.4, 0.5) is 0 Å². The molecule has 1 aliphatic rings. The van der Waals surface area contributed by atoms with Crippen molar-refractivity contribution < 1.29 is 24.4 Å². The Balaban J connectivity index is 0.000000982. The first-order chi connectivity index (χ1) is 9.10. The highest BCUT2D eigenvalue weighted by Gasteiger charge is 2.14. The molecule has 1 atom stereocenters. The molecule has 1 rings (SSSR count). The number of nitrogens with zero attached hydrogens (tertiary/aromatic N) is 1. The van der Waals surface area contributed by atoms with Crippen LogP contribution in [0.1, 0.15) is 19.3 Å².